The monoisotopic (exact) mass is 721 g/mol. The molecule has 1 aromatic heterocycles. The number of imide groups is 1. The predicted molar refractivity (Wildman–Crippen MR) is 206 cm³/mol. The molecule has 8 rings (SSSR count). The normalized spacial score (nSPS) is 20.7. The molecule has 0 radical (unpaired) electrons. The number of benzene rings is 3. The summed E-state index contributed by atoms with van der Waals surface area (Å²) in [6.07, 6.45) is 4.58. The van der Waals surface area contributed by atoms with Crippen LogP contribution in [0.5, 0.6) is 0 Å². The van der Waals surface area contributed by atoms with Crippen molar-refractivity contribution in [1.82, 2.24) is 14.8 Å². The topological polar surface area (TPSA) is 77.9 Å². The number of nitrogens with one attached hydrogen (secondary N) is 1. The number of likely N-dealkylation sites (tertiary alicyclic amines) is 1. The van der Waals surface area contributed by atoms with Gasteiger partial charge < -0.3 is 19.3 Å². The molecule has 53 heavy (non-hydrogen) atoms. The van der Waals surface area contributed by atoms with Gasteiger partial charge in [0.25, 0.3) is 12.0 Å². The number of piperidine rings is 3. The van der Waals surface area contributed by atoms with Gasteiger partial charge in [-0.25, -0.2) is 8.78 Å². The molecule has 0 bridgehead atoms. The van der Waals surface area contributed by atoms with Gasteiger partial charge in [-0.05, 0) is 130 Å². The number of carbonyl (C=O) groups is 2. The Kier molecular flexibility index (Phi) is 9.83. The molecule has 4 aliphatic rings. The molecule has 5 heterocycles. The number of alkyl halides is 2. The van der Waals surface area contributed by atoms with Crippen molar-refractivity contribution >= 4 is 39.8 Å². The molecule has 1 N–H and O–H groups in total. The molecule has 1 atom stereocenters. The zero-order valence-electron chi connectivity index (χ0n) is 30.8. The van der Waals surface area contributed by atoms with E-state index < -0.39 is 6.43 Å². The van der Waals surface area contributed by atoms with E-state index >= 15 is 0 Å². The van der Waals surface area contributed by atoms with Gasteiger partial charge in [-0.3, -0.25) is 19.7 Å². The molecular formula is C43H49F2N5O3. The van der Waals surface area contributed by atoms with Crippen LogP contribution in [0.15, 0.2) is 65.5 Å². The fourth-order valence-corrected chi connectivity index (χ4v) is 9.28. The van der Waals surface area contributed by atoms with Gasteiger partial charge in [-0.15, -0.1) is 0 Å². The first kappa shape index (κ1) is 35.5. The Hall–Kier alpha value is -4.57. The molecule has 0 saturated carbocycles. The Morgan fingerprint density at radius 2 is 1.55 bits per heavy atom. The van der Waals surface area contributed by atoms with Gasteiger partial charge >= 0.3 is 0 Å². The number of amides is 2. The van der Waals surface area contributed by atoms with Gasteiger partial charge in [0.15, 0.2) is 0 Å². The van der Waals surface area contributed by atoms with Gasteiger partial charge in [0, 0.05) is 67.5 Å². The number of anilines is 3. The quantitative estimate of drug-likeness (QED) is 0.200. The molecule has 1 unspecified atom stereocenters. The van der Waals surface area contributed by atoms with Crippen LogP contribution in [-0.2, 0) is 23.1 Å². The van der Waals surface area contributed by atoms with E-state index in [9.17, 15) is 23.2 Å². The van der Waals surface area contributed by atoms with Crippen LogP contribution in [-0.4, -0.2) is 60.5 Å². The minimum atomic E-state index is -2.53. The van der Waals surface area contributed by atoms with Crippen LogP contribution in [0, 0.1) is 12.8 Å². The van der Waals surface area contributed by atoms with E-state index in [4.69, 9.17) is 0 Å². The number of hydrogen-bond donors (Lipinski definition) is 1. The lowest BCUT2D eigenvalue weighted by atomic mass is 9.86. The number of hydrogen-bond acceptors (Lipinski definition) is 6. The van der Waals surface area contributed by atoms with Crippen LogP contribution in [0.3, 0.4) is 0 Å². The molecule has 3 saturated heterocycles. The highest BCUT2D eigenvalue weighted by atomic mass is 19.3. The van der Waals surface area contributed by atoms with E-state index in [1.165, 1.54) is 11.3 Å². The predicted octanol–water partition coefficient (Wildman–Crippen LogP) is 7.49. The van der Waals surface area contributed by atoms with Crippen LogP contribution >= 0.6 is 0 Å². The number of nitrogens with zero attached hydrogens (tertiary/aromatic N) is 4. The van der Waals surface area contributed by atoms with Crippen molar-refractivity contribution in [1.29, 1.82) is 0 Å². The molecule has 3 aromatic carbocycles. The molecular weight excluding hydrogens is 673 g/mol. The number of aromatic nitrogens is 1. The summed E-state index contributed by atoms with van der Waals surface area (Å²) in [7, 11) is 1.84. The second kappa shape index (κ2) is 14.7. The van der Waals surface area contributed by atoms with Gasteiger partial charge in [0.1, 0.15) is 0 Å². The summed E-state index contributed by atoms with van der Waals surface area (Å²) in [5.74, 6) is 0.363. The highest BCUT2D eigenvalue weighted by Gasteiger charge is 2.30. The molecule has 4 aromatic rings. The van der Waals surface area contributed by atoms with Gasteiger partial charge in [-0.2, -0.15) is 0 Å². The number of carbonyl (C=O) groups excluding carboxylic acids is 2. The largest absolute Gasteiger partial charge is 0.372 e. The van der Waals surface area contributed by atoms with E-state index in [1.807, 2.05) is 38.2 Å². The summed E-state index contributed by atoms with van der Waals surface area (Å²) < 4.78 is 29.5. The van der Waals surface area contributed by atoms with Crippen molar-refractivity contribution in [3.63, 3.8) is 0 Å². The number of aryl methyl sites for hydroxylation is 3. The highest BCUT2D eigenvalue weighted by molar-refractivity contribution is 6.01. The summed E-state index contributed by atoms with van der Waals surface area (Å²) in [5.41, 5.74) is 7.92. The minimum Gasteiger partial charge on any atom is -0.372 e. The van der Waals surface area contributed by atoms with Crippen molar-refractivity contribution in [2.24, 2.45) is 13.0 Å². The van der Waals surface area contributed by atoms with E-state index in [0.29, 0.717) is 30.2 Å². The van der Waals surface area contributed by atoms with E-state index in [1.54, 1.807) is 16.7 Å². The third kappa shape index (κ3) is 7.10. The van der Waals surface area contributed by atoms with E-state index in [2.05, 4.69) is 44.3 Å². The lowest BCUT2D eigenvalue weighted by Crippen LogP contribution is -2.41. The van der Waals surface area contributed by atoms with Crippen LogP contribution < -0.4 is 20.7 Å². The number of rotatable bonds is 7. The molecule has 278 valence electrons. The molecule has 0 spiro atoms. The Labute approximate surface area is 309 Å². The Bertz CT molecular complexity index is 2080. The fourth-order valence-electron chi connectivity index (χ4n) is 9.28. The lowest BCUT2D eigenvalue weighted by Gasteiger charge is -2.39. The average Bonchev–Trinajstić information content (AvgIpc) is 3.17. The lowest BCUT2D eigenvalue weighted by molar-refractivity contribution is -0.134. The third-order valence-corrected chi connectivity index (χ3v) is 12.4. The maximum absolute atomic E-state index is 13.8. The molecule has 4 aliphatic heterocycles. The zero-order valence-corrected chi connectivity index (χ0v) is 30.8. The van der Waals surface area contributed by atoms with Crippen molar-refractivity contribution in [2.45, 2.75) is 76.6 Å². The summed E-state index contributed by atoms with van der Waals surface area (Å²) in [6, 6.07) is 19.9. The van der Waals surface area contributed by atoms with Crippen LogP contribution in [0.1, 0.15) is 91.0 Å². The second-order valence-electron chi connectivity index (χ2n) is 15.7. The summed E-state index contributed by atoms with van der Waals surface area (Å²) in [5, 5.41) is 3.45. The summed E-state index contributed by atoms with van der Waals surface area (Å²) in [6.45, 7) is 7.76. The SMILES string of the molecule is Cc1cc2c(N3CCCc4ccc(C(F)F)cc43)cc(C3CCN(CC4CCN(c5ccc(C6CCC(=O)NC6=O)cc5)CC4)CC3)cc2n(C)c1=O. The van der Waals surface area contributed by atoms with Crippen LogP contribution in [0.4, 0.5) is 25.8 Å². The number of fused-ring (bicyclic) bond motifs is 2. The number of pyridine rings is 1. The van der Waals surface area contributed by atoms with Crippen LogP contribution in [0.25, 0.3) is 10.9 Å². The van der Waals surface area contributed by atoms with Crippen molar-refractivity contribution in [2.75, 3.05) is 49.1 Å². The molecule has 2 amide bonds. The maximum atomic E-state index is 13.8. The van der Waals surface area contributed by atoms with Gasteiger partial charge in [0.2, 0.25) is 11.8 Å². The average molecular weight is 722 g/mol. The number of halogens is 2. The first-order chi connectivity index (χ1) is 25.6. The molecule has 3 fully saturated rings. The summed E-state index contributed by atoms with van der Waals surface area (Å²) in [4.78, 5) is 44.3. The molecule has 10 heteroatoms. The van der Waals surface area contributed by atoms with Crippen molar-refractivity contribution in [3.05, 3.63) is 98.8 Å². The smallest absolute Gasteiger partial charge is 0.263 e. The fraction of sp³-hybridized carbons (Fsp3) is 0.465. The standard InChI is InChI=1S/C43H49F2N5O3/c1-27-22-36-38(47(2)43(27)53)24-33(25-39(36)50-17-3-4-31-5-6-32(41(44)45)23-37(31)50)29-15-18-48(19-16-29)26-28-13-20-49(21-14-28)34-9-7-30(8-10-34)35-11-12-40(51)46-42(35)52/h5-10,22-25,28-29,35,41H,3-4,11-21,26H2,1-2H3,(H,46,51,52). The Morgan fingerprint density at radius 1 is 0.792 bits per heavy atom. The maximum Gasteiger partial charge on any atom is 0.263 e. The van der Waals surface area contributed by atoms with Gasteiger partial charge in [-0.1, -0.05) is 24.3 Å². The second-order valence-corrected chi connectivity index (χ2v) is 15.7. The first-order valence-electron chi connectivity index (χ1n) is 19.4. The van der Waals surface area contributed by atoms with Crippen molar-refractivity contribution < 1.29 is 18.4 Å². The molecule has 8 nitrogen and oxygen atoms in total. The van der Waals surface area contributed by atoms with E-state index in [0.717, 1.165) is 111 Å². The highest BCUT2D eigenvalue weighted by Crippen LogP contribution is 2.42. The van der Waals surface area contributed by atoms with Crippen molar-refractivity contribution in [3.8, 4) is 0 Å². The Morgan fingerprint density at radius 3 is 2.26 bits per heavy atom. The van der Waals surface area contributed by atoms with Gasteiger partial charge in [0.05, 0.1) is 17.1 Å². The third-order valence-electron chi connectivity index (χ3n) is 12.4. The van der Waals surface area contributed by atoms with Crippen LogP contribution in [0.2, 0.25) is 0 Å². The zero-order chi connectivity index (χ0) is 36.8. The molecule has 0 aliphatic carbocycles. The Balaban J connectivity index is 0.933. The first-order valence-corrected chi connectivity index (χ1v) is 19.4. The summed E-state index contributed by atoms with van der Waals surface area (Å²) >= 11 is 0. The minimum absolute atomic E-state index is 0.00950. The van der Waals surface area contributed by atoms with E-state index in [-0.39, 0.29) is 28.9 Å².